The lowest BCUT2D eigenvalue weighted by molar-refractivity contribution is -0.140. The van der Waals surface area contributed by atoms with Gasteiger partial charge in [-0.05, 0) is 13.8 Å². The van der Waals surface area contributed by atoms with Crippen LogP contribution in [0.4, 0.5) is 31.0 Å². The van der Waals surface area contributed by atoms with Crippen LogP contribution >= 0.6 is 0 Å². The normalized spacial score (nSPS) is 22.6. The van der Waals surface area contributed by atoms with Crippen LogP contribution in [0.3, 0.4) is 0 Å². The van der Waals surface area contributed by atoms with Gasteiger partial charge in [-0.15, -0.1) is 0 Å². The molecule has 0 aliphatic carbocycles. The molecule has 0 aromatic carbocycles. The Morgan fingerprint density at radius 3 is 2.26 bits per heavy atom. The summed E-state index contributed by atoms with van der Waals surface area (Å²) in [5.41, 5.74) is 3.87. The largest absolute Gasteiger partial charge is 0.434 e. The smallest absolute Gasteiger partial charge is 0.378 e. The Kier molecular flexibility index (Phi) is 5.79. The van der Waals surface area contributed by atoms with Crippen LogP contribution in [0.5, 0.6) is 0 Å². The van der Waals surface area contributed by atoms with Crippen LogP contribution in [0.2, 0.25) is 0 Å². The Balaban J connectivity index is 1.86. The first kappa shape index (κ1) is 21.4. The molecule has 0 unspecified atom stereocenters. The minimum Gasteiger partial charge on any atom is -0.378 e. The maximum atomic E-state index is 13.7. The second kappa shape index (κ2) is 8.38. The minimum atomic E-state index is -4.75. The highest BCUT2D eigenvalue weighted by Crippen LogP contribution is 2.35. The summed E-state index contributed by atoms with van der Waals surface area (Å²) in [6.07, 6.45) is -3.75. The Morgan fingerprint density at radius 1 is 0.968 bits per heavy atom. The Bertz CT molecular complexity index is 929. The zero-order chi connectivity index (χ0) is 22.2. The van der Waals surface area contributed by atoms with Gasteiger partial charge >= 0.3 is 6.18 Å². The van der Waals surface area contributed by atoms with Gasteiger partial charge in [0.2, 0.25) is 17.8 Å². The van der Waals surface area contributed by atoms with Crippen molar-refractivity contribution in [1.29, 1.82) is 0 Å². The van der Waals surface area contributed by atoms with Crippen LogP contribution in [0.25, 0.3) is 11.4 Å². The van der Waals surface area contributed by atoms with Gasteiger partial charge in [-0.3, -0.25) is 0 Å². The zero-order valence-corrected chi connectivity index (χ0v) is 17.1. The predicted molar refractivity (Wildman–Crippen MR) is 106 cm³/mol. The van der Waals surface area contributed by atoms with E-state index >= 15 is 0 Å². The summed E-state index contributed by atoms with van der Waals surface area (Å²) in [4.78, 5) is 24.3. The first-order valence-electron chi connectivity index (χ1n) is 9.89. The number of hydrogen-bond donors (Lipinski definition) is 1. The maximum Gasteiger partial charge on any atom is 0.434 e. The molecule has 2 aliphatic heterocycles. The maximum absolute atomic E-state index is 13.7. The Morgan fingerprint density at radius 2 is 1.61 bits per heavy atom. The molecule has 2 aromatic heterocycles. The first-order chi connectivity index (χ1) is 14.7. The molecule has 0 radical (unpaired) electrons. The highest BCUT2D eigenvalue weighted by Gasteiger charge is 2.38. The van der Waals surface area contributed by atoms with Gasteiger partial charge < -0.3 is 25.0 Å². The third-order valence-electron chi connectivity index (χ3n) is 5.12. The van der Waals surface area contributed by atoms with Crippen LogP contribution in [0.15, 0.2) is 6.20 Å². The van der Waals surface area contributed by atoms with Crippen molar-refractivity contribution in [2.24, 2.45) is 0 Å². The van der Waals surface area contributed by atoms with Crippen molar-refractivity contribution in [1.82, 2.24) is 24.9 Å². The Labute approximate surface area is 176 Å². The fourth-order valence-corrected chi connectivity index (χ4v) is 3.67. The molecule has 0 bridgehead atoms. The summed E-state index contributed by atoms with van der Waals surface area (Å²) >= 11 is 0. The Hall–Kier alpha value is -2.80. The fraction of sp³-hybridized carbons (Fsp3) is 0.611. The van der Waals surface area contributed by atoms with E-state index in [1.165, 1.54) is 0 Å². The van der Waals surface area contributed by atoms with Gasteiger partial charge in [0.1, 0.15) is 0 Å². The molecule has 2 atom stereocenters. The van der Waals surface area contributed by atoms with Gasteiger partial charge in [-0.25, -0.2) is 9.97 Å². The molecule has 2 saturated heterocycles. The number of halogens is 3. The van der Waals surface area contributed by atoms with E-state index in [0.29, 0.717) is 39.5 Å². The molecule has 4 heterocycles. The second-order valence-electron chi connectivity index (χ2n) is 7.49. The van der Waals surface area contributed by atoms with E-state index in [0.717, 1.165) is 6.20 Å². The number of morpholine rings is 2. The van der Waals surface area contributed by atoms with Crippen LogP contribution in [-0.2, 0) is 15.7 Å². The van der Waals surface area contributed by atoms with Crippen molar-refractivity contribution >= 4 is 17.8 Å². The average Bonchev–Trinajstić information content (AvgIpc) is 2.73. The van der Waals surface area contributed by atoms with E-state index in [1.54, 1.807) is 0 Å². The summed E-state index contributed by atoms with van der Waals surface area (Å²) in [5.74, 6) is -0.0854. The number of nitrogens with two attached hydrogens (primary N) is 1. The van der Waals surface area contributed by atoms with Gasteiger partial charge in [0.15, 0.2) is 11.5 Å². The van der Waals surface area contributed by atoms with E-state index in [4.69, 9.17) is 15.2 Å². The number of alkyl halides is 3. The van der Waals surface area contributed by atoms with E-state index in [-0.39, 0.29) is 35.4 Å². The highest BCUT2D eigenvalue weighted by molar-refractivity contribution is 5.62. The van der Waals surface area contributed by atoms with Crippen molar-refractivity contribution in [3.63, 3.8) is 0 Å². The first-order valence-corrected chi connectivity index (χ1v) is 9.89. The molecular formula is C18H23F3N8O2. The van der Waals surface area contributed by atoms with Gasteiger partial charge in [0, 0.05) is 19.3 Å². The van der Waals surface area contributed by atoms with Crippen LogP contribution in [-0.4, -0.2) is 76.5 Å². The van der Waals surface area contributed by atoms with E-state index < -0.39 is 17.8 Å². The monoisotopic (exact) mass is 440 g/mol. The molecular weight excluding hydrogens is 417 g/mol. The number of nitrogen functional groups attached to an aromatic ring is 1. The predicted octanol–water partition coefficient (Wildman–Crippen LogP) is 1.38. The van der Waals surface area contributed by atoms with Crippen molar-refractivity contribution in [2.45, 2.75) is 32.1 Å². The van der Waals surface area contributed by atoms with Gasteiger partial charge in [-0.2, -0.15) is 28.1 Å². The topological polar surface area (TPSA) is 115 Å². The van der Waals surface area contributed by atoms with E-state index in [2.05, 4.69) is 24.9 Å². The van der Waals surface area contributed by atoms with Crippen LogP contribution < -0.4 is 15.5 Å². The summed E-state index contributed by atoms with van der Waals surface area (Å²) in [5, 5.41) is 0. The number of ether oxygens (including phenoxy) is 2. The lowest BCUT2D eigenvalue weighted by atomic mass is 10.2. The molecule has 2 aromatic rings. The molecule has 168 valence electrons. The summed E-state index contributed by atoms with van der Waals surface area (Å²) in [7, 11) is 0. The van der Waals surface area contributed by atoms with E-state index in [9.17, 15) is 13.2 Å². The molecule has 0 amide bonds. The molecule has 31 heavy (non-hydrogen) atoms. The summed E-state index contributed by atoms with van der Waals surface area (Å²) in [6.45, 7) is 6.78. The number of aromatic nitrogens is 5. The summed E-state index contributed by atoms with van der Waals surface area (Å²) < 4.78 is 52.0. The average molecular weight is 440 g/mol. The van der Waals surface area contributed by atoms with Crippen molar-refractivity contribution < 1.29 is 22.6 Å². The third kappa shape index (κ3) is 4.46. The van der Waals surface area contributed by atoms with Gasteiger partial charge in [0.25, 0.3) is 0 Å². The molecule has 2 aliphatic rings. The highest BCUT2D eigenvalue weighted by atomic mass is 19.4. The van der Waals surface area contributed by atoms with Crippen LogP contribution in [0.1, 0.15) is 19.5 Å². The number of rotatable bonds is 3. The summed E-state index contributed by atoms with van der Waals surface area (Å²) in [6, 6.07) is -0.136. The standard InChI is InChI=1S/C18H23F3N8O2/c1-10-8-31-9-11(2)29(10)17-26-14(25-16(27-17)28-3-5-30-6-4-28)12-7-23-15(22)24-13(12)18(19,20)21/h7,10-11H,3-6,8-9H2,1-2H3,(H2,22,23,24)/t10-,11-/m1/s1. The number of anilines is 3. The zero-order valence-electron chi connectivity index (χ0n) is 17.1. The number of nitrogens with zero attached hydrogens (tertiary/aromatic N) is 7. The van der Waals surface area contributed by atoms with Gasteiger partial charge in [-0.1, -0.05) is 0 Å². The van der Waals surface area contributed by atoms with Crippen molar-refractivity contribution in [2.75, 3.05) is 55.1 Å². The molecule has 2 fully saturated rings. The second-order valence-corrected chi connectivity index (χ2v) is 7.49. The van der Waals surface area contributed by atoms with Crippen molar-refractivity contribution in [3.05, 3.63) is 11.9 Å². The molecule has 0 spiro atoms. The van der Waals surface area contributed by atoms with Gasteiger partial charge in [0.05, 0.1) is 44.1 Å². The molecule has 10 nitrogen and oxygen atoms in total. The fourth-order valence-electron chi connectivity index (χ4n) is 3.67. The quantitative estimate of drug-likeness (QED) is 0.750. The SMILES string of the molecule is C[C@@H]1COC[C@@H](C)N1c1nc(-c2cnc(N)nc2C(F)(F)F)nc(N2CCOCC2)n1. The third-order valence-corrected chi connectivity index (χ3v) is 5.12. The number of hydrogen-bond acceptors (Lipinski definition) is 10. The van der Waals surface area contributed by atoms with Crippen LogP contribution in [0, 0.1) is 0 Å². The minimum absolute atomic E-state index is 0.0682. The lowest BCUT2D eigenvalue weighted by Gasteiger charge is -2.39. The molecule has 4 rings (SSSR count). The van der Waals surface area contributed by atoms with Crippen molar-refractivity contribution in [3.8, 4) is 11.4 Å². The van der Waals surface area contributed by atoms with E-state index in [1.807, 2.05) is 23.6 Å². The molecule has 13 heteroatoms. The molecule has 2 N–H and O–H groups in total. The lowest BCUT2D eigenvalue weighted by Crippen LogP contribution is -2.50. The molecule has 0 saturated carbocycles.